The Morgan fingerprint density at radius 2 is 1.47 bits per heavy atom. The van der Waals surface area contributed by atoms with Crippen molar-refractivity contribution < 1.29 is 39.4 Å². The summed E-state index contributed by atoms with van der Waals surface area (Å²) < 4.78 is 6.76. The number of hydrogen-bond donors (Lipinski definition) is 5. The summed E-state index contributed by atoms with van der Waals surface area (Å²) >= 11 is 0. The number of aliphatic hydroxyl groups is 1. The molecular formula is C28H48N2O8. The van der Waals surface area contributed by atoms with Crippen LogP contribution in [0.1, 0.15) is 104 Å². The summed E-state index contributed by atoms with van der Waals surface area (Å²) in [4.78, 5) is 31.9. The molecule has 2 spiro atoms. The second-order valence-corrected chi connectivity index (χ2v) is 13.3. The van der Waals surface area contributed by atoms with Gasteiger partial charge in [0, 0.05) is 49.6 Å². The van der Waals surface area contributed by atoms with Crippen LogP contribution >= 0.6 is 0 Å². The van der Waals surface area contributed by atoms with Crippen molar-refractivity contribution >= 4 is 11.9 Å². The quantitative estimate of drug-likeness (QED) is 0.157. The normalized spacial score (nSPS) is 38.3. The van der Waals surface area contributed by atoms with E-state index in [4.69, 9.17) is 30.5 Å². The lowest BCUT2D eigenvalue weighted by Crippen LogP contribution is -2.59. The van der Waals surface area contributed by atoms with Gasteiger partial charge in [-0.05, 0) is 95.8 Å². The lowest BCUT2D eigenvalue weighted by atomic mass is 9.53. The molecule has 5 saturated carbocycles. The number of carboxylic acid groups (broad SMARTS) is 2. The first kappa shape index (κ1) is 29.7. The number of aliphatic carboxylic acids is 2. The largest absolute Gasteiger partial charge is 0.481 e. The first-order chi connectivity index (χ1) is 17.9. The molecule has 10 heteroatoms. The summed E-state index contributed by atoms with van der Waals surface area (Å²) in [5.74, 6) is 0.544. The van der Waals surface area contributed by atoms with Crippen LogP contribution in [0, 0.1) is 29.6 Å². The Labute approximate surface area is 225 Å². The first-order valence-electron chi connectivity index (χ1n) is 14.6. The zero-order valence-electron chi connectivity index (χ0n) is 23.0. The fourth-order valence-corrected chi connectivity index (χ4v) is 7.48. The number of carbonyl (C=O) groups is 2. The molecule has 1 unspecified atom stereocenters. The second-order valence-electron chi connectivity index (χ2n) is 13.3. The molecule has 0 aromatic heterocycles. The van der Waals surface area contributed by atoms with Crippen molar-refractivity contribution in [1.29, 1.82) is 0 Å². The van der Waals surface area contributed by atoms with Crippen LogP contribution in [0.15, 0.2) is 0 Å². The monoisotopic (exact) mass is 540 g/mol. The van der Waals surface area contributed by atoms with Crippen molar-refractivity contribution in [2.24, 2.45) is 35.3 Å². The maximum Gasteiger partial charge on any atom is 0.303 e. The third-order valence-electron chi connectivity index (χ3n) is 9.19. The number of nitrogens with two attached hydrogens (primary N) is 1. The van der Waals surface area contributed by atoms with E-state index in [1.54, 1.807) is 0 Å². The highest BCUT2D eigenvalue weighted by Gasteiger charge is 2.66. The van der Waals surface area contributed by atoms with E-state index in [2.05, 4.69) is 5.32 Å². The van der Waals surface area contributed by atoms with E-state index in [9.17, 15) is 14.7 Å². The molecule has 6 rings (SSSR count). The molecule has 4 bridgehead atoms. The van der Waals surface area contributed by atoms with Crippen molar-refractivity contribution in [3.8, 4) is 0 Å². The molecule has 6 fully saturated rings. The van der Waals surface area contributed by atoms with Crippen LogP contribution in [0.3, 0.4) is 0 Å². The highest BCUT2D eigenvalue weighted by atomic mass is 17.3. The van der Waals surface area contributed by atoms with E-state index in [-0.39, 0.29) is 18.4 Å². The third-order valence-corrected chi connectivity index (χ3v) is 9.19. The summed E-state index contributed by atoms with van der Waals surface area (Å²) in [5.41, 5.74) is 5.68. The minimum atomic E-state index is -0.870. The molecule has 1 aliphatic heterocycles. The van der Waals surface area contributed by atoms with Gasteiger partial charge < -0.3 is 25.8 Å². The molecule has 0 aromatic carbocycles. The van der Waals surface area contributed by atoms with Crippen molar-refractivity contribution in [2.45, 2.75) is 127 Å². The average molecular weight is 541 g/mol. The van der Waals surface area contributed by atoms with Crippen LogP contribution < -0.4 is 11.1 Å². The van der Waals surface area contributed by atoms with E-state index >= 15 is 0 Å². The van der Waals surface area contributed by atoms with Gasteiger partial charge in [-0.15, -0.1) is 0 Å². The molecule has 218 valence electrons. The molecule has 1 heterocycles. The van der Waals surface area contributed by atoms with Crippen LogP contribution in [0.4, 0.5) is 0 Å². The van der Waals surface area contributed by atoms with Crippen LogP contribution in [-0.4, -0.2) is 57.1 Å². The smallest absolute Gasteiger partial charge is 0.303 e. The average Bonchev–Trinajstić information content (AvgIpc) is 3.20. The molecule has 0 amide bonds. The van der Waals surface area contributed by atoms with E-state index in [0.717, 1.165) is 43.9 Å². The summed E-state index contributed by atoms with van der Waals surface area (Å²) in [6, 6.07) is 0. The predicted molar refractivity (Wildman–Crippen MR) is 138 cm³/mol. The standard InChI is InChI=1S/C22H38N2O4.C6H10O4/c1-20(2,23)13-24-19(25)12-14-3-5-21(6-4-14)26-22(28-27-21)17-8-15-7-16(10-17)11-18(22)9-15;7-5(8)3-1-2-4-6(9)10/h14-19,24-25H,3-13,23H2,1-2H3;1-4H2,(H,7,8)(H,9,10). The van der Waals surface area contributed by atoms with Gasteiger partial charge in [-0.2, -0.15) is 9.78 Å². The van der Waals surface area contributed by atoms with E-state index in [0.29, 0.717) is 37.1 Å². The number of nitrogens with one attached hydrogen (secondary N) is 1. The number of carboxylic acids is 2. The molecular weight excluding hydrogens is 492 g/mol. The highest BCUT2D eigenvalue weighted by Crippen LogP contribution is 2.63. The maximum absolute atomic E-state index is 10.3. The zero-order chi connectivity index (χ0) is 27.6. The summed E-state index contributed by atoms with van der Waals surface area (Å²) in [7, 11) is 0. The van der Waals surface area contributed by atoms with Gasteiger partial charge >= 0.3 is 11.9 Å². The van der Waals surface area contributed by atoms with Crippen molar-refractivity contribution in [3.05, 3.63) is 0 Å². The number of unbranched alkanes of at least 4 members (excludes halogenated alkanes) is 1. The van der Waals surface area contributed by atoms with Gasteiger partial charge in [0.15, 0.2) is 0 Å². The fraction of sp³-hybridized carbons (Fsp3) is 0.929. The van der Waals surface area contributed by atoms with Gasteiger partial charge in [0.05, 0.1) is 0 Å². The summed E-state index contributed by atoms with van der Waals surface area (Å²) in [5, 5.41) is 29.7. The Morgan fingerprint density at radius 1 is 0.947 bits per heavy atom. The summed E-state index contributed by atoms with van der Waals surface area (Å²) in [6.45, 7) is 4.54. The molecule has 10 nitrogen and oxygen atoms in total. The number of hydrogen-bond acceptors (Lipinski definition) is 8. The van der Waals surface area contributed by atoms with Gasteiger partial charge in [-0.1, -0.05) is 0 Å². The Kier molecular flexibility index (Phi) is 9.42. The fourth-order valence-electron chi connectivity index (χ4n) is 7.48. The minimum absolute atomic E-state index is 0.0628. The second kappa shape index (κ2) is 12.1. The molecule has 6 N–H and O–H groups in total. The van der Waals surface area contributed by atoms with Crippen LogP contribution in [0.2, 0.25) is 0 Å². The lowest BCUT2D eigenvalue weighted by molar-refractivity contribution is -0.390. The maximum atomic E-state index is 10.3. The lowest BCUT2D eigenvalue weighted by Gasteiger charge is -2.57. The molecule has 1 atom stereocenters. The Morgan fingerprint density at radius 3 is 1.95 bits per heavy atom. The van der Waals surface area contributed by atoms with Gasteiger partial charge in [-0.25, -0.2) is 0 Å². The predicted octanol–water partition coefficient (Wildman–Crippen LogP) is 3.76. The van der Waals surface area contributed by atoms with Gasteiger partial charge in [0.25, 0.3) is 0 Å². The SMILES string of the molecule is CC(C)(N)CNC(O)CC1CCC2(CC1)OOC1(O2)C2CC3CC(C2)CC1C3.O=C(O)CCCCC(=O)O. The molecule has 0 aromatic rings. The van der Waals surface area contributed by atoms with Crippen molar-refractivity contribution in [1.82, 2.24) is 5.32 Å². The zero-order valence-corrected chi connectivity index (χ0v) is 23.0. The van der Waals surface area contributed by atoms with Crippen molar-refractivity contribution in [2.75, 3.05) is 6.54 Å². The number of ether oxygens (including phenoxy) is 1. The topological polar surface area (TPSA) is 161 Å². The first-order valence-corrected chi connectivity index (χ1v) is 14.6. The third kappa shape index (κ3) is 7.46. The van der Waals surface area contributed by atoms with Crippen molar-refractivity contribution in [3.63, 3.8) is 0 Å². The van der Waals surface area contributed by atoms with E-state index < -0.39 is 29.7 Å². The molecule has 6 aliphatic rings. The Hall–Kier alpha value is -1.30. The van der Waals surface area contributed by atoms with Gasteiger partial charge in [0.2, 0.25) is 11.6 Å². The number of aliphatic hydroxyl groups excluding tert-OH is 1. The Balaban J connectivity index is 0.000000289. The minimum Gasteiger partial charge on any atom is -0.481 e. The van der Waals surface area contributed by atoms with E-state index in [1.807, 2.05) is 13.8 Å². The van der Waals surface area contributed by atoms with E-state index in [1.165, 1.54) is 32.1 Å². The molecule has 5 aliphatic carbocycles. The van der Waals surface area contributed by atoms with Gasteiger partial charge in [0.1, 0.15) is 6.23 Å². The number of rotatable bonds is 10. The van der Waals surface area contributed by atoms with Crippen LogP contribution in [0.25, 0.3) is 0 Å². The van der Waals surface area contributed by atoms with Gasteiger partial charge in [-0.3, -0.25) is 14.9 Å². The molecule has 0 radical (unpaired) electrons. The molecule has 1 saturated heterocycles. The van der Waals surface area contributed by atoms with Crippen LogP contribution in [0.5, 0.6) is 0 Å². The summed E-state index contributed by atoms with van der Waals surface area (Å²) in [6.07, 6.45) is 11.4. The molecule has 38 heavy (non-hydrogen) atoms. The van der Waals surface area contributed by atoms with Crippen LogP contribution in [-0.2, 0) is 24.1 Å². The highest BCUT2D eigenvalue weighted by molar-refractivity contribution is 5.67. The Bertz CT molecular complexity index is 776.